The number of amides is 1. The van der Waals surface area contributed by atoms with E-state index in [2.05, 4.69) is 5.32 Å². The van der Waals surface area contributed by atoms with E-state index >= 15 is 0 Å². The van der Waals surface area contributed by atoms with Crippen LogP contribution in [-0.2, 0) is 14.6 Å². The fraction of sp³-hybridized carbons (Fsp3) is 0.381. The van der Waals surface area contributed by atoms with E-state index in [4.69, 9.17) is 9.47 Å². The third kappa shape index (κ3) is 2.85. The molecule has 2 aliphatic heterocycles. The number of piperidine rings is 1. The van der Waals surface area contributed by atoms with Crippen molar-refractivity contribution in [1.82, 2.24) is 5.32 Å². The highest BCUT2D eigenvalue weighted by atomic mass is 32.2. The summed E-state index contributed by atoms with van der Waals surface area (Å²) in [5.74, 6) is 0.124. The second-order valence-electron chi connectivity index (χ2n) is 7.75. The van der Waals surface area contributed by atoms with Gasteiger partial charge in [0.2, 0.25) is 5.91 Å². The Labute approximate surface area is 164 Å². The monoisotopic (exact) mass is 401 g/mol. The summed E-state index contributed by atoms with van der Waals surface area (Å²) >= 11 is 0. The highest BCUT2D eigenvalue weighted by Gasteiger charge is 2.54. The van der Waals surface area contributed by atoms with Crippen LogP contribution >= 0.6 is 0 Å². The summed E-state index contributed by atoms with van der Waals surface area (Å²) in [4.78, 5) is 13.1. The van der Waals surface area contributed by atoms with Gasteiger partial charge in [0.05, 0.1) is 12.0 Å². The Morgan fingerprint density at radius 3 is 2.57 bits per heavy atom. The predicted octanol–water partition coefficient (Wildman–Crippen LogP) is 2.87. The standard InChI is InChI=1S/C21H23NO5S/c1-12-5-7-15(9-13(12)2)28(24,25)19-17-11-21(3,22-20(19)23)27-18-10-14(26-4)6-8-16(17)18/h5-10,17,19H,11H2,1-4H3,(H,22,23)/t17-,19+,21+/m1/s1. The molecule has 0 unspecified atom stereocenters. The van der Waals surface area contributed by atoms with Crippen molar-refractivity contribution in [1.29, 1.82) is 0 Å². The van der Waals surface area contributed by atoms with Gasteiger partial charge in [0.15, 0.2) is 20.8 Å². The zero-order valence-electron chi connectivity index (χ0n) is 16.3. The van der Waals surface area contributed by atoms with Crippen molar-refractivity contribution < 1.29 is 22.7 Å². The number of rotatable bonds is 3. The van der Waals surface area contributed by atoms with Crippen molar-refractivity contribution in [3.63, 3.8) is 0 Å². The number of sulfone groups is 1. The Morgan fingerprint density at radius 1 is 1.14 bits per heavy atom. The Balaban J connectivity index is 1.85. The summed E-state index contributed by atoms with van der Waals surface area (Å²) in [6.07, 6.45) is 0.382. The van der Waals surface area contributed by atoms with Crippen molar-refractivity contribution in [2.75, 3.05) is 7.11 Å². The van der Waals surface area contributed by atoms with E-state index in [9.17, 15) is 13.2 Å². The lowest BCUT2D eigenvalue weighted by Crippen LogP contribution is -2.63. The van der Waals surface area contributed by atoms with Crippen LogP contribution in [0.2, 0.25) is 0 Å². The lowest BCUT2D eigenvalue weighted by Gasteiger charge is -2.46. The molecule has 0 aromatic heterocycles. The smallest absolute Gasteiger partial charge is 0.242 e. The van der Waals surface area contributed by atoms with Crippen LogP contribution in [0.15, 0.2) is 41.3 Å². The Morgan fingerprint density at radius 2 is 1.89 bits per heavy atom. The quantitative estimate of drug-likeness (QED) is 0.855. The summed E-state index contributed by atoms with van der Waals surface area (Å²) in [6, 6.07) is 10.3. The van der Waals surface area contributed by atoms with Crippen LogP contribution in [0.1, 0.15) is 36.0 Å². The fourth-order valence-corrected chi connectivity index (χ4v) is 6.01. The molecule has 148 valence electrons. The van der Waals surface area contributed by atoms with Crippen molar-refractivity contribution in [2.45, 2.75) is 49.0 Å². The van der Waals surface area contributed by atoms with E-state index in [-0.39, 0.29) is 4.90 Å². The number of fused-ring (bicyclic) bond motifs is 4. The number of carbonyl (C=O) groups excluding carboxylic acids is 1. The number of benzene rings is 2. The number of hydrogen-bond acceptors (Lipinski definition) is 5. The summed E-state index contributed by atoms with van der Waals surface area (Å²) < 4.78 is 38.2. The molecule has 0 spiro atoms. The lowest BCUT2D eigenvalue weighted by molar-refractivity contribution is -0.132. The van der Waals surface area contributed by atoms with Gasteiger partial charge >= 0.3 is 0 Å². The topological polar surface area (TPSA) is 81.7 Å². The van der Waals surface area contributed by atoms with Gasteiger partial charge in [-0.2, -0.15) is 0 Å². The van der Waals surface area contributed by atoms with Crippen LogP contribution < -0.4 is 14.8 Å². The lowest BCUT2D eigenvalue weighted by atomic mass is 9.81. The molecule has 4 rings (SSSR count). The summed E-state index contributed by atoms with van der Waals surface area (Å²) in [5.41, 5.74) is 1.64. The van der Waals surface area contributed by atoms with Crippen LogP contribution in [0.5, 0.6) is 11.5 Å². The normalized spacial score (nSPS) is 26.1. The van der Waals surface area contributed by atoms with E-state index in [0.717, 1.165) is 11.1 Å². The van der Waals surface area contributed by atoms with Crippen molar-refractivity contribution in [3.8, 4) is 11.5 Å². The summed E-state index contributed by atoms with van der Waals surface area (Å²) in [6.45, 7) is 5.55. The minimum atomic E-state index is -3.89. The summed E-state index contributed by atoms with van der Waals surface area (Å²) in [5, 5.41) is 1.56. The molecular weight excluding hydrogens is 378 g/mol. The number of nitrogens with one attached hydrogen (secondary N) is 1. The van der Waals surface area contributed by atoms with Gasteiger partial charge in [-0.3, -0.25) is 4.79 Å². The number of ether oxygens (including phenoxy) is 2. The molecule has 1 saturated heterocycles. The molecular formula is C21H23NO5S. The van der Waals surface area contributed by atoms with E-state index in [1.807, 2.05) is 13.8 Å². The molecule has 2 aromatic carbocycles. The first kappa shape index (κ1) is 18.8. The molecule has 2 bridgehead atoms. The molecule has 6 nitrogen and oxygen atoms in total. The fourth-order valence-electron chi connectivity index (χ4n) is 4.11. The van der Waals surface area contributed by atoms with Gasteiger partial charge in [0.1, 0.15) is 11.5 Å². The zero-order valence-corrected chi connectivity index (χ0v) is 17.1. The number of methoxy groups -OCH3 is 1. The molecule has 2 heterocycles. The average Bonchev–Trinajstić information content (AvgIpc) is 2.62. The molecule has 0 saturated carbocycles. The minimum absolute atomic E-state index is 0.168. The highest BCUT2D eigenvalue weighted by Crippen LogP contribution is 2.48. The molecule has 0 aliphatic carbocycles. The largest absolute Gasteiger partial charge is 0.497 e. The molecule has 2 aliphatic rings. The maximum absolute atomic E-state index is 13.5. The van der Waals surface area contributed by atoms with Crippen LogP contribution in [0.4, 0.5) is 0 Å². The van der Waals surface area contributed by atoms with Crippen molar-refractivity contribution in [2.24, 2.45) is 0 Å². The second-order valence-corrected chi connectivity index (χ2v) is 9.82. The third-order valence-corrected chi connectivity index (χ3v) is 7.84. The average molecular weight is 401 g/mol. The third-order valence-electron chi connectivity index (χ3n) is 5.72. The van der Waals surface area contributed by atoms with Gasteiger partial charge in [-0.05, 0) is 55.7 Å². The number of aryl methyl sites for hydroxylation is 2. The van der Waals surface area contributed by atoms with Gasteiger partial charge in [0, 0.05) is 18.4 Å². The molecule has 1 fully saturated rings. The molecule has 1 N–H and O–H groups in total. The van der Waals surface area contributed by atoms with E-state index in [1.165, 1.54) is 0 Å². The van der Waals surface area contributed by atoms with Crippen LogP contribution in [0, 0.1) is 13.8 Å². The van der Waals surface area contributed by atoms with Crippen molar-refractivity contribution >= 4 is 15.7 Å². The number of hydrogen-bond donors (Lipinski definition) is 1. The predicted molar refractivity (Wildman–Crippen MR) is 104 cm³/mol. The van der Waals surface area contributed by atoms with Gasteiger partial charge in [-0.25, -0.2) is 8.42 Å². The van der Waals surface area contributed by atoms with Gasteiger partial charge in [0.25, 0.3) is 0 Å². The van der Waals surface area contributed by atoms with E-state index in [1.54, 1.807) is 50.4 Å². The SMILES string of the molecule is COc1ccc2c(c1)O[C@@]1(C)C[C@H]2[C@H](S(=O)(=O)c2ccc(C)c(C)c2)C(=O)N1. The van der Waals surface area contributed by atoms with Gasteiger partial charge in [-0.1, -0.05) is 12.1 Å². The maximum Gasteiger partial charge on any atom is 0.242 e. The first-order valence-corrected chi connectivity index (χ1v) is 10.7. The first-order valence-electron chi connectivity index (χ1n) is 9.15. The molecule has 3 atom stereocenters. The molecule has 0 radical (unpaired) electrons. The first-order chi connectivity index (χ1) is 13.1. The minimum Gasteiger partial charge on any atom is -0.497 e. The van der Waals surface area contributed by atoms with E-state index in [0.29, 0.717) is 23.5 Å². The molecule has 1 amide bonds. The zero-order chi connectivity index (χ0) is 20.3. The highest BCUT2D eigenvalue weighted by molar-refractivity contribution is 7.92. The number of carbonyl (C=O) groups is 1. The van der Waals surface area contributed by atoms with Crippen LogP contribution in [0.25, 0.3) is 0 Å². The van der Waals surface area contributed by atoms with Crippen molar-refractivity contribution in [3.05, 3.63) is 53.1 Å². The van der Waals surface area contributed by atoms with Crippen LogP contribution in [0.3, 0.4) is 0 Å². The maximum atomic E-state index is 13.5. The van der Waals surface area contributed by atoms with Gasteiger partial charge in [-0.15, -0.1) is 0 Å². The Kier molecular flexibility index (Phi) is 4.19. The van der Waals surface area contributed by atoms with Crippen LogP contribution in [-0.4, -0.2) is 32.4 Å². The van der Waals surface area contributed by atoms with E-state index < -0.39 is 32.6 Å². The Bertz CT molecular complexity index is 1080. The Hall–Kier alpha value is -2.54. The molecule has 28 heavy (non-hydrogen) atoms. The summed E-state index contributed by atoms with van der Waals surface area (Å²) in [7, 11) is -2.33. The molecule has 2 aromatic rings. The molecule has 7 heteroatoms. The second kappa shape index (κ2) is 6.24. The van der Waals surface area contributed by atoms with Gasteiger partial charge < -0.3 is 14.8 Å².